The highest BCUT2D eigenvalue weighted by atomic mass is 35.5. The lowest BCUT2D eigenvalue weighted by Gasteiger charge is -2.11. The molecule has 0 atom stereocenters. The van der Waals surface area contributed by atoms with E-state index >= 15 is 0 Å². The molecule has 0 radical (unpaired) electrons. The highest BCUT2D eigenvalue weighted by molar-refractivity contribution is 6.39. The van der Waals surface area contributed by atoms with Gasteiger partial charge in [0.15, 0.2) is 0 Å². The molecule has 0 spiro atoms. The van der Waals surface area contributed by atoms with Crippen molar-refractivity contribution in [3.63, 3.8) is 0 Å². The summed E-state index contributed by atoms with van der Waals surface area (Å²) in [7, 11) is 0. The van der Waals surface area contributed by atoms with E-state index in [1.165, 1.54) is 12.8 Å². The van der Waals surface area contributed by atoms with E-state index in [0.29, 0.717) is 15.7 Å². The fourth-order valence-electron chi connectivity index (χ4n) is 1.68. The number of anilines is 2. The van der Waals surface area contributed by atoms with Gasteiger partial charge in [-0.3, -0.25) is 0 Å². The Hall–Kier alpha value is -0.640. The zero-order chi connectivity index (χ0) is 13.0. The van der Waals surface area contributed by atoms with Gasteiger partial charge in [0.1, 0.15) is 0 Å². The Morgan fingerprint density at radius 1 is 1.28 bits per heavy atom. The van der Waals surface area contributed by atoms with E-state index in [1.807, 2.05) is 0 Å². The molecule has 18 heavy (non-hydrogen) atoms. The largest absolute Gasteiger partial charge is 0.399 e. The number of nitrogens with one attached hydrogen (secondary N) is 1. The molecule has 1 saturated carbocycles. The van der Waals surface area contributed by atoms with Gasteiger partial charge >= 0.3 is 0 Å². The van der Waals surface area contributed by atoms with Gasteiger partial charge < -0.3 is 15.8 Å². The summed E-state index contributed by atoms with van der Waals surface area (Å²) in [5.41, 5.74) is 6.96. The lowest BCUT2D eigenvalue weighted by Crippen LogP contribution is -2.07. The Balaban J connectivity index is 1.68. The lowest BCUT2D eigenvalue weighted by atomic mass is 10.2. The highest BCUT2D eigenvalue weighted by Crippen LogP contribution is 2.32. The van der Waals surface area contributed by atoms with E-state index in [2.05, 4.69) is 5.32 Å². The number of halogens is 2. The van der Waals surface area contributed by atoms with E-state index in [0.717, 1.165) is 37.8 Å². The molecular weight excluding hydrogens is 271 g/mol. The average molecular weight is 289 g/mol. The van der Waals surface area contributed by atoms with Gasteiger partial charge in [-0.05, 0) is 37.3 Å². The molecule has 100 valence electrons. The maximum atomic E-state index is 6.07. The van der Waals surface area contributed by atoms with Crippen LogP contribution in [0.3, 0.4) is 0 Å². The van der Waals surface area contributed by atoms with Gasteiger partial charge in [-0.15, -0.1) is 0 Å². The average Bonchev–Trinajstić information content (AvgIpc) is 3.09. The van der Waals surface area contributed by atoms with Crippen molar-refractivity contribution >= 4 is 34.6 Å². The van der Waals surface area contributed by atoms with Gasteiger partial charge in [-0.1, -0.05) is 23.2 Å². The fraction of sp³-hybridized carbons (Fsp3) is 0.538. The Bertz CT molecular complexity index is 385. The van der Waals surface area contributed by atoms with Crippen LogP contribution < -0.4 is 11.1 Å². The van der Waals surface area contributed by atoms with Gasteiger partial charge in [0, 0.05) is 25.4 Å². The highest BCUT2D eigenvalue weighted by Gasteiger charge is 2.20. The van der Waals surface area contributed by atoms with E-state index in [9.17, 15) is 0 Å². The maximum Gasteiger partial charge on any atom is 0.0720 e. The Morgan fingerprint density at radius 3 is 2.56 bits per heavy atom. The van der Waals surface area contributed by atoms with Crippen molar-refractivity contribution in [1.82, 2.24) is 0 Å². The minimum absolute atomic E-state index is 0.555. The van der Waals surface area contributed by atoms with Gasteiger partial charge in [-0.25, -0.2) is 0 Å². The molecule has 2 rings (SSSR count). The van der Waals surface area contributed by atoms with Crippen molar-refractivity contribution < 1.29 is 4.74 Å². The molecule has 1 fully saturated rings. The summed E-state index contributed by atoms with van der Waals surface area (Å²) in [5, 5.41) is 4.32. The van der Waals surface area contributed by atoms with Crippen LogP contribution in [0.5, 0.6) is 0 Å². The predicted molar refractivity (Wildman–Crippen MR) is 77.5 cm³/mol. The second-order valence-electron chi connectivity index (χ2n) is 4.66. The Labute approximate surface area is 118 Å². The molecule has 0 aliphatic heterocycles. The molecule has 0 amide bonds. The summed E-state index contributed by atoms with van der Waals surface area (Å²) < 4.78 is 5.55. The second-order valence-corrected chi connectivity index (χ2v) is 5.47. The van der Waals surface area contributed by atoms with E-state index < -0.39 is 0 Å². The van der Waals surface area contributed by atoms with Crippen LogP contribution in [0.15, 0.2) is 12.1 Å². The number of hydrogen-bond acceptors (Lipinski definition) is 3. The molecule has 0 saturated heterocycles. The molecule has 3 nitrogen and oxygen atoms in total. The smallest absolute Gasteiger partial charge is 0.0720 e. The summed E-state index contributed by atoms with van der Waals surface area (Å²) in [5.74, 6) is 0.818. The zero-order valence-corrected chi connectivity index (χ0v) is 11.7. The standard InChI is InChI=1S/C13H18Cl2N2O/c14-11-6-10(16)7-12(15)13(11)17-4-1-5-18-8-9-2-3-9/h6-7,9,17H,1-5,8,16H2. The minimum Gasteiger partial charge on any atom is -0.399 e. The number of ether oxygens (including phenoxy) is 1. The molecule has 1 aromatic rings. The van der Waals surface area contributed by atoms with Crippen molar-refractivity contribution in [3.8, 4) is 0 Å². The first-order valence-electron chi connectivity index (χ1n) is 6.23. The van der Waals surface area contributed by atoms with Crippen LogP contribution in [0.4, 0.5) is 11.4 Å². The molecule has 0 bridgehead atoms. The van der Waals surface area contributed by atoms with Gasteiger partial charge in [0.2, 0.25) is 0 Å². The van der Waals surface area contributed by atoms with E-state index in [-0.39, 0.29) is 0 Å². The molecular formula is C13H18Cl2N2O. The SMILES string of the molecule is Nc1cc(Cl)c(NCCCOCC2CC2)c(Cl)c1. The predicted octanol–water partition coefficient (Wildman–Crippen LogP) is 3.80. The summed E-state index contributed by atoms with van der Waals surface area (Å²) >= 11 is 12.1. The lowest BCUT2D eigenvalue weighted by molar-refractivity contribution is 0.124. The first-order valence-corrected chi connectivity index (χ1v) is 6.98. The molecule has 0 unspecified atom stereocenters. The quantitative estimate of drug-likeness (QED) is 0.593. The molecule has 0 heterocycles. The molecule has 5 heteroatoms. The monoisotopic (exact) mass is 288 g/mol. The molecule has 0 aromatic heterocycles. The van der Waals surface area contributed by atoms with E-state index in [4.69, 9.17) is 33.7 Å². The number of nitrogens with two attached hydrogens (primary N) is 1. The van der Waals surface area contributed by atoms with Crippen LogP contribution in [0, 0.1) is 5.92 Å². The van der Waals surface area contributed by atoms with Crippen LogP contribution in [0.2, 0.25) is 10.0 Å². The van der Waals surface area contributed by atoms with Crippen molar-refractivity contribution in [3.05, 3.63) is 22.2 Å². The van der Waals surface area contributed by atoms with Crippen LogP contribution in [-0.2, 0) is 4.74 Å². The third-order valence-electron chi connectivity index (χ3n) is 2.88. The first-order chi connectivity index (χ1) is 8.66. The van der Waals surface area contributed by atoms with Gasteiger partial charge in [-0.2, -0.15) is 0 Å². The van der Waals surface area contributed by atoms with Gasteiger partial charge in [0.05, 0.1) is 15.7 Å². The Morgan fingerprint density at radius 2 is 1.94 bits per heavy atom. The summed E-state index contributed by atoms with van der Waals surface area (Å²) in [6, 6.07) is 3.39. The molecule has 1 aromatic carbocycles. The second kappa shape index (κ2) is 6.50. The zero-order valence-electron chi connectivity index (χ0n) is 10.2. The van der Waals surface area contributed by atoms with Crippen molar-refractivity contribution in [2.45, 2.75) is 19.3 Å². The van der Waals surface area contributed by atoms with Crippen LogP contribution in [0.25, 0.3) is 0 Å². The minimum atomic E-state index is 0.555. The molecule has 1 aliphatic carbocycles. The molecule has 3 N–H and O–H groups in total. The van der Waals surface area contributed by atoms with Crippen molar-refractivity contribution in [2.24, 2.45) is 5.92 Å². The first kappa shape index (κ1) is 13.8. The summed E-state index contributed by atoms with van der Waals surface area (Å²) in [4.78, 5) is 0. The number of hydrogen-bond donors (Lipinski definition) is 2. The van der Waals surface area contributed by atoms with Crippen molar-refractivity contribution in [2.75, 3.05) is 30.8 Å². The van der Waals surface area contributed by atoms with Crippen LogP contribution >= 0.6 is 23.2 Å². The summed E-state index contributed by atoms with van der Waals surface area (Å²) in [6.07, 6.45) is 3.59. The Kier molecular flexibility index (Phi) is 4.98. The third-order valence-corrected chi connectivity index (χ3v) is 3.48. The maximum absolute atomic E-state index is 6.07. The molecule has 1 aliphatic rings. The summed E-state index contributed by atoms with van der Waals surface area (Å²) in [6.45, 7) is 2.46. The van der Waals surface area contributed by atoms with Gasteiger partial charge in [0.25, 0.3) is 0 Å². The number of nitrogen functional groups attached to an aromatic ring is 1. The fourth-order valence-corrected chi connectivity index (χ4v) is 2.32. The third kappa shape index (κ3) is 4.23. The van der Waals surface area contributed by atoms with Crippen LogP contribution in [0.1, 0.15) is 19.3 Å². The van der Waals surface area contributed by atoms with Crippen LogP contribution in [-0.4, -0.2) is 19.8 Å². The van der Waals surface area contributed by atoms with E-state index in [1.54, 1.807) is 12.1 Å². The number of benzene rings is 1. The number of rotatable bonds is 7. The normalized spacial score (nSPS) is 14.8. The topological polar surface area (TPSA) is 47.3 Å². The van der Waals surface area contributed by atoms with Crippen molar-refractivity contribution in [1.29, 1.82) is 0 Å².